The minimum atomic E-state index is -0.752. The number of rotatable bonds is 5. The van der Waals surface area contributed by atoms with Crippen molar-refractivity contribution in [3.63, 3.8) is 0 Å². The Morgan fingerprint density at radius 1 is 1.18 bits per heavy atom. The molecule has 1 heterocycles. The van der Waals surface area contributed by atoms with Crippen molar-refractivity contribution in [3.05, 3.63) is 64.5 Å². The maximum Gasteiger partial charge on any atom is 0.357 e. The van der Waals surface area contributed by atoms with Crippen LogP contribution in [-0.4, -0.2) is 28.4 Å². The van der Waals surface area contributed by atoms with E-state index in [2.05, 4.69) is 10.3 Å². The smallest absolute Gasteiger partial charge is 0.357 e. The zero-order valence-corrected chi connectivity index (χ0v) is 11.3. The number of aromatic nitrogens is 1. The van der Waals surface area contributed by atoms with Crippen LogP contribution >= 0.6 is 0 Å². The Labute approximate surface area is 124 Å². The lowest BCUT2D eigenvalue weighted by atomic mass is 10.2. The first-order chi connectivity index (χ1) is 10.6. The Hall–Kier alpha value is -3.29. The van der Waals surface area contributed by atoms with Gasteiger partial charge in [-0.1, -0.05) is 18.2 Å². The van der Waals surface area contributed by atoms with Crippen molar-refractivity contribution < 1.29 is 19.2 Å². The zero-order valence-electron chi connectivity index (χ0n) is 11.3. The Morgan fingerprint density at radius 2 is 1.91 bits per heavy atom. The highest BCUT2D eigenvalue weighted by molar-refractivity contribution is 5.96. The molecule has 0 unspecified atom stereocenters. The molecule has 0 aliphatic carbocycles. The average Bonchev–Trinajstić information content (AvgIpc) is 2.53. The molecule has 0 atom stereocenters. The normalized spacial score (nSPS) is 9.82. The van der Waals surface area contributed by atoms with E-state index in [-0.39, 0.29) is 17.1 Å². The molecule has 8 nitrogen and oxygen atoms in total. The van der Waals surface area contributed by atoms with Gasteiger partial charge in [-0.15, -0.1) is 0 Å². The molecule has 0 saturated heterocycles. The van der Waals surface area contributed by atoms with Gasteiger partial charge < -0.3 is 10.1 Å². The molecule has 0 radical (unpaired) electrons. The summed E-state index contributed by atoms with van der Waals surface area (Å²) in [5.74, 6) is -1.43. The number of amides is 1. The van der Waals surface area contributed by atoms with E-state index in [1.807, 2.05) is 0 Å². The number of hydrogen-bond donors (Lipinski definition) is 1. The molecule has 22 heavy (non-hydrogen) atoms. The van der Waals surface area contributed by atoms with Crippen LogP contribution in [0.5, 0.6) is 0 Å². The van der Waals surface area contributed by atoms with E-state index in [9.17, 15) is 19.7 Å². The molecular formula is C14H11N3O5. The van der Waals surface area contributed by atoms with Crippen LogP contribution in [0.15, 0.2) is 48.7 Å². The molecule has 1 N–H and O–H groups in total. The first-order valence-corrected chi connectivity index (χ1v) is 6.19. The summed E-state index contributed by atoms with van der Waals surface area (Å²) in [7, 11) is 0. The third kappa shape index (κ3) is 3.85. The third-order valence-corrected chi connectivity index (χ3v) is 2.58. The summed E-state index contributed by atoms with van der Waals surface area (Å²) >= 11 is 0. The predicted molar refractivity (Wildman–Crippen MR) is 76.2 cm³/mol. The topological polar surface area (TPSA) is 111 Å². The minimum absolute atomic E-state index is 0.0337. The lowest BCUT2D eigenvalue weighted by Gasteiger charge is -2.06. The molecule has 1 amide bonds. The molecule has 0 fully saturated rings. The number of esters is 1. The molecule has 2 aromatic rings. The van der Waals surface area contributed by atoms with Crippen molar-refractivity contribution in [2.75, 3.05) is 11.9 Å². The highest BCUT2D eigenvalue weighted by Crippen LogP contribution is 2.22. The molecule has 1 aromatic heterocycles. The van der Waals surface area contributed by atoms with Gasteiger partial charge >= 0.3 is 5.97 Å². The van der Waals surface area contributed by atoms with Gasteiger partial charge in [0.25, 0.3) is 11.6 Å². The fourth-order valence-corrected chi connectivity index (χ4v) is 1.61. The highest BCUT2D eigenvalue weighted by Gasteiger charge is 2.16. The van der Waals surface area contributed by atoms with Gasteiger partial charge in [0.15, 0.2) is 6.61 Å². The van der Waals surface area contributed by atoms with Crippen LogP contribution in [0.4, 0.5) is 11.4 Å². The lowest BCUT2D eigenvalue weighted by molar-refractivity contribution is -0.383. The van der Waals surface area contributed by atoms with Crippen molar-refractivity contribution in [2.45, 2.75) is 0 Å². The van der Waals surface area contributed by atoms with Crippen molar-refractivity contribution in [1.29, 1.82) is 0 Å². The molecule has 0 saturated carbocycles. The lowest BCUT2D eigenvalue weighted by Crippen LogP contribution is -2.21. The second-order valence-corrected chi connectivity index (χ2v) is 4.11. The number of anilines is 1. The largest absolute Gasteiger partial charge is 0.451 e. The molecule has 1 aromatic carbocycles. The van der Waals surface area contributed by atoms with E-state index < -0.39 is 23.4 Å². The first-order valence-electron chi connectivity index (χ1n) is 6.19. The number of carbonyl (C=O) groups excluding carboxylic acids is 2. The molecule has 0 spiro atoms. The summed E-state index contributed by atoms with van der Waals surface area (Å²) in [5, 5.41) is 13.1. The Kier molecular flexibility index (Phi) is 4.76. The fourth-order valence-electron chi connectivity index (χ4n) is 1.61. The number of benzene rings is 1. The summed E-state index contributed by atoms with van der Waals surface area (Å²) in [4.78, 5) is 37.3. The van der Waals surface area contributed by atoms with Gasteiger partial charge in [0.05, 0.1) is 4.92 Å². The van der Waals surface area contributed by atoms with E-state index in [1.54, 1.807) is 18.2 Å². The summed E-state index contributed by atoms with van der Waals surface area (Å²) in [5.41, 5.74) is -0.140. The maximum absolute atomic E-state index is 11.7. The summed E-state index contributed by atoms with van der Waals surface area (Å²) in [6.07, 6.45) is 1.42. The number of nitro groups is 1. The van der Waals surface area contributed by atoms with Gasteiger partial charge in [-0.3, -0.25) is 14.9 Å². The number of pyridine rings is 1. The van der Waals surface area contributed by atoms with Gasteiger partial charge in [-0.05, 0) is 18.2 Å². The van der Waals surface area contributed by atoms with Crippen molar-refractivity contribution in [2.24, 2.45) is 0 Å². The second kappa shape index (κ2) is 6.93. The van der Waals surface area contributed by atoms with Crippen LogP contribution in [0.25, 0.3) is 0 Å². The SMILES string of the molecule is O=C(COC(=O)c1ccccn1)Nc1ccccc1[N+](=O)[O-]. The number of nitro benzene ring substituents is 1. The molecule has 0 aliphatic rings. The Balaban J connectivity index is 1.94. The minimum Gasteiger partial charge on any atom is -0.451 e. The van der Waals surface area contributed by atoms with Gasteiger partial charge in [-0.25, -0.2) is 9.78 Å². The number of para-hydroxylation sites is 2. The van der Waals surface area contributed by atoms with E-state index in [4.69, 9.17) is 4.74 Å². The molecular weight excluding hydrogens is 290 g/mol. The molecule has 2 rings (SSSR count). The number of hydrogen-bond acceptors (Lipinski definition) is 6. The van der Waals surface area contributed by atoms with E-state index in [1.165, 1.54) is 30.5 Å². The quantitative estimate of drug-likeness (QED) is 0.512. The molecule has 112 valence electrons. The van der Waals surface area contributed by atoms with Gasteiger partial charge in [0, 0.05) is 12.3 Å². The van der Waals surface area contributed by atoms with Crippen LogP contribution in [0.2, 0.25) is 0 Å². The number of nitrogens with one attached hydrogen (secondary N) is 1. The summed E-state index contributed by atoms with van der Waals surface area (Å²) in [6, 6.07) is 10.4. The van der Waals surface area contributed by atoms with E-state index in [0.717, 1.165) is 0 Å². The number of carbonyl (C=O) groups is 2. The van der Waals surface area contributed by atoms with Crippen molar-refractivity contribution in [3.8, 4) is 0 Å². The van der Waals surface area contributed by atoms with Crippen LogP contribution in [-0.2, 0) is 9.53 Å². The van der Waals surface area contributed by atoms with Gasteiger partial charge in [-0.2, -0.15) is 0 Å². The second-order valence-electron chi connectivity index (χ2n) is 4.11. The molecule has 0 aliphatic heterocycles. The monoisotopic (exact) mass is 301 g/mol. The first kappa shape index (κ1) is 15.1. The number of ether oxygens (including phenoxy) is 1. The molecule has 0 bridgehead atoms. The highest BCUT2D eigenvalue weighted by atomic mass is 16.6. The Morgan fingerprint density at radius 3 is 2.59 bits per heavy atom. The molecule has 8 heteroatoms. The Bertz CT molecular complexity index is 703. The predicted octanol–water partition coefficient (Wildman–Crippen LogP) is 1.79. The maximum atomic E-state index is 11.7. The number of nitrogens with zero attached hydrogens (tertiary/aromatic N) is 2. The van der Waals surface area contributed by atoms with Crippen LogP contribution in [0.3, 0.4) is 0 Å². The average molecular weight is 301 g/mol. The summed E-state index contributed by atoms with van der Waals surface area (Å²) < 4.78 is 4.78. The van der Waals surface area contributed by atoms with Crippen molar-refractivity contribution >= 4 is 23.3 Å². The third-order valence-electron chi connectivity index (χ3n) is 2.58. The van der Waals surface area contributed by atoms with Gasteiger partial charge in [0.2, 0.25) is 0 Å². The van der Waals surface area contributed by atoms with Crippen molar-refractivity contribution in [1.82, 2.24) is 4.98 Å². The van der Waals surface area contributed by atoms with Crippen LogP contribution in [0.1, 0.15) is 10.5 Å². The summed E-state index contributed by atoms with van der Waals surface area (Å²) in [6.45, 7) is -0.568. The van der Waals surface area contributed by atoms with Crippen LogP contribution < -0.4 is 5.32 Å². The van der Waals surface area contributed by atoms with E-state index in [0.29, 0.717) is 0 Å². The van der Waals surface area contributed by atoms with E-state index >= 15 is 0 Å². The zero-order chi connectivity index (χ0) is 15.9. The van der Waals surface area contributed by atoms with Crippen LogP contribution in [0, 0.1) is 10.1 Å². The standard InChI is InChI=1S/C14H11N3O5/c18-13(9-22-14(19)11-6-3-4-8-15-11)16-10-5-1-2-7-12(10)17(20)21/h1-8H,9H2,(H,16,18). The van der Waals surface area contributed by atoms with Gasteiger partial charge in [0.1, 0.15) is 11.4 Å². The fraction of sp³-hybridized carbons (Fsp3) is 0.0714.